The molecule has 0 saturated carbocycles. The summed E-state index contributed by atoms with van der Waals surface area (Å²) in [6, 6.07) is 17.7. The van der Waals surface area contributed by atoms with Crippen molar-refractivity contribution < 1.29 is 4.79 Å². The second-order valence-electron chi connectivity index (χ2n) is 6.13. The summed E-state index contributed by atoms with van der Waals surface area (Å²) >= 11 is 0. The summed E-state index contributed by atoms with van der Waals surface area (Å²) in [4.78, 5) is 24.7. The third-order valence-electron chi connectivity index (χ3n) is 4.33. The molecule has 0 radical (unpaired) electrons. The Kier molecular flexibility index (Phi) is 5.59. The molecule has 5 nitrogen and oxygen atoms in total. The summed E-state index contributed by atoms with van der Waals surface area (Å²) < 4.78 is 0. The maximum atomic E-state index is 12.6. The van der Waals surface area contributed by atoms with Crippen LogP contribution < -0.4 is 4.90 Å². The van der Waals surface area contributed by atoms with Gasteiger partial charge in [-0.25, -0.2) is 4.98 Å². The van der Waals surface area contributed by atoms with Crippen LogP contribution >= 0.6 is 0 Å². The molecule has 3 aromatic rings. The number of rotatable bonds is 6. The lowest BCUT2D eigenvalue weighted by Crippen LogP contribution is -2.29. The van der Waals surface area contributed by atoms with Gasteiger partial charge in [0.05, 0.1) is 11.9 Å². The zero-order valence-corrected chi connectivity index (χ0v) is 15.0. The molecule has 0 aliphatic rings. The van der Waals surface area contributed by atoms with Crippen LogP contribution in [-0.2, 0) is 6.42 Å². The quantitative estimate of drug-likeness (QED) is 0.685. The monoisotopic (exact) mass is 346 g/mol. The molecule has 2 heterocycles. The van der Waals surface area contributed by atoms with E-state index in [1.807, 2.05) is 60.5 Å². The average Bonchev–Trinajstić information content (AvgIpc) is 2.72. The number of para-hydroxylation sites is 1. The van der Waals surface area contributed by atoms with E-state index in [9.17, 15) is 4.79 Å². The highest BCUT2D eigenvalue weighted by Crippen LogP contribution is 2.22. The van der Waals surface area contributed by atoms with Crippen LogP contribution in [0.3, 0.4) is 0 Å². The van der Waals surface area contributed by atoms with Gasteiger partial charge in [0.1, 0.15) is 5.69 Å². The Labute approximate surface area is 153 Å². The minimum absolute atomic E-state index is 0.0760. The summed E-state index contributed by atoms with van der Waals surface area (Å²) in [6.45, 7) is 0.635. The molecule has 0 spiro atoms. The fourth-order valence-corrected chi connectivity index (χ4v) is 2.65. The van der Waals surface area contributed by atoms with Crippen molar-refractivity contribution in [2.75, 3.05) is 25.5 Å². The van der Waals surface area contributed by atoms with Gasteiger partial charge in [-0.3, -0.25) is 9.78 Å². The lowest BCUT2D eigenvalue weighted by atomic mass is 10.2. The smallest absolute Gasteiger partial charge is 0.272 e. The molecule has 0 aliphatic carbocycles. The van der Waals surface area contributed by atoms with Crippen LogP contribution in [0.15, 0.2) is 73.2 Å². The van der Waals surface area contributed by atoms with Crippen LogP contribution in [0.25, 0.3) is 0 Å². The predicted octanol–water partition coefficient (Wildman–Crippen LogP) is 3.56. The second-order valence-corrected chi connectivity index (χ2v) is 6.13. The van der Waals surface area contributed by atoms with Gasteiger partial charge in [0.2, 0.25) is 0 Å². The molecule has 0 saturated heterocycles. The van der Waals surface area contributed by atoms with Gasteiger partial charge in [0.25, 0.3) is 5.91 Å². The molecule has 1 amide bonds. The Morgan fingerprint density at radius 2 is 1.65 bits per heavy atom. The number of amides is 1. The van der Waals surface area contributed by atoms with Crippen molar-refractivity contribution in [2.24, 2.45) is 0 Å². The SMILES string of the molecule is CN(CCc1ccncc1)C(=O)c1ccc(N(C)c2ccccc2)cn1. The van der Waals surface area contributed by atoms with E-state index in [1.165, 1.54) is 0 Å². The van der Waals surface area contributed by atoms with Crippen LogP contribution in [0, 0.1) is 0 Å². The second kappa shape index (κ2) is 8.25. The fourth-order valence-electron chi connectivity index (χ4n) is 2.65. The molecule has 0 aliphatic heterocycles. The highest BCUT2D eigenvalue weighted by atomic mass is 16.2. The van der Waals surface area contributed by atoms with Crippen molar-refractivity contribution in [2.45, 2.75) is 6.42 Å². The number of carbonyl (C=O) groups excluding carboxylic acids is 1. The summed E-state index contributed by atoms with van der Waals surface area (Å²) in [5, 5.41) is 0. The first-order valence-electron chi connectivity index (χ1n) is 8.54. The first-order valence-corrected chi connectivity index (χ1v) is 8.54. The third-order valence-corrected chi connectivity index (χ3v) is 4.33. The molecule has 26 heavy (non-hydrogen) atoms. The number of benzene rings is 1. The van der Waals surface area contributed by atoms with Crippen LogP contribution in [-0.4, -0.2) is 41.4 Å². The van der Waals surface area contributed by atoms with Gasteiger partial charge in [-0.1, -0.05) is 18.2 Å². The van der Waals surface area contributed by atoms with Gasteiger partial charge in [0, 0.05) is 38.7 Å². The number of nitrogens with zero attached hydrogens (tertiary/aromatic N) is 4. The highest BCUT2D eigenvalue weighted by Gasteiger charge is 2.14. The normalized spacial score (nSPS) is 10.4. The van der Waals surface area contributed by atoms with Crippen molar-refractivity contribution >= 4 is 17.3 Å². The van der Waals surface area contributed by atoms with Gasteiger partial charge in [-0.15, -0.1) is 0 Å². The number of hydrogen-bond donors (Lipinski definition) is 0. The van der Waals surface area contributed by atoms with Crippen molar-refractivity contribution in [1.82, 2.24) is 14.9 Å². The molecular weight excluding hydrogens is 324 g/mol. The van der Waals surface area contributed by atoms with Gasteiger partial charge in [-0.05, 0) is 48.4 Å². The first kappa shape index (κ1) is 17.6. The Bertz CT molecular complexity index is 835. The van der Waals surface area contributed by atoms with Gasteiger partial charge in [0.15, 0.2) is 0 Å². The molecule has 132 valence electrons. The van der Waals surface area contributed by atoms with Crippen molar-refractivity contribution in [3.8, 4) is 0 Å². The van der Waals surface area contributed by atoms with Crippen molar-refractivity contribution in [3.05, 3.63) is 84.4 Å². The van der Waals surface area contributed by atoms with Gasteiger partial charge >= 0.3 is 0 Å². The van der Waals surface area contributed by atoms with Crippen molar-refractivity contribution in [3.63, 3.8) is 0 Å². The summed E-state index contributed by atoms with van der Waals surface area (Å²) in [7, 11) is 3.78. The van der Waals surface area contributed by atoms with E-state index in [4.69, 9.17) is 0 Å². The number of aromatic nitrogens is 2. The molecule has 5 heteroatoms. The van der Waals surface area contributed by atoms with E-state index in [0.717, 1.165) is 23.4 Å². The minimum Gasteiger partial charge on any atom is -0.343 e. The Morgan fingerprint density at radius 1 is 0.923 bits per heavy atom. The molecule has 0 atom stereocenters. The van der Waals surface area contributed by atoms with Crippen LogP contribution in [0.1, 0.15) is 16.1 Å². The molecule has 0 N–H and O–H groups in total. The topological polar surface area (TPSA) is 49.3 Å². The lowest BCUT2D eigenvalue weighted by molar-refractivity contribution is 0.0791. The Hall–Kier alpha value is -3.21. The molecule has 0 fully saturated rings. The summed E-state index contributed by atoms with van der Waals surface area (Å²) in [5.41, 5.74) is 3.62. The standard InChI is InChI=1S/C21H22N4O/c1-24(15-12-17-10-13-22-14-11-17)21(26)20-9-8-19(16-23-20)25(2)18-6-4-3-5-7-18/h3-11,13-14,16H,12,15H2,1-2H3. The van der Waals surface area contributed by atoms with Gasteiger partial charge in [-0.2, -0.15) is 0 Å². The van der Waals surface area contributed by atoms with E-state index in [-0.39, 0.29) is 5.91 Å². The molecular formula is C21H22N4O. The van der Waals surface area contributed by atoms with E-state index < -0.39 is 0 Å². The molecule has 2 aromatic heterocycles. The van der Waals surface area contributed by atoms with Crippen molar-refractivity contribution in [1.29, 1.82) is 0 Å². The minimum atomic E-state index is -0.0760. The van der Waals surface area contributed by atoms with E-state index in [2.05, 4.69) is 9.97 Å². The van der Waals surface area contributed by atoms with Crippen LogP contribution in [0.4, 0.5) is 11.4 Å². The number of anilines is 2. The van der Waals surface area contributed by atoms with Gasteiger partial charge < -0.3 is 9.80 Å². The molecule has 0 bridgehead atoms. The maximum absolute atomic E-state index is 12.6. The number of likely N-dealkylation sites (N-methyl/N-ethyl adjacent to an activating group) is 1. The number of carbonyl (C=O) groups is 1. The number of pyridine rings is 2. The largest absolute Gasteiger partial charge is 0.343 e. The zero-order chi connectivity index (χ0) is 18.4. The van der Waals surface area contributed by atoms with E-state index in [0.29, 0.717) is 12.2 Å². The predicted molar refractivity (Wildman–Crippen MR) is 104 cm³/mol. The molecule has 1 aromatic carbocycles. The van der Waals surface area contributed by atoms with Crippen LogP contribution in [0.5, 0.6) is 0 Å². The van der Waals surface area contributed by atoms with E-state index >= 15 is 0 Å². The summed E-state index contributed by atoms with van der Waals surface area (Å²) in [6.07, 6.45) is 6.05. The third kappa shape index (κ3) is 4.25. The molecule has 0 unspecified atom stereocenters. The maximum Gasteiger partial charge on any atom is 0.272 e. The zero-order valence-electron chi connectivity index (χ0n) is 15.0. The first-order chi connectivity index (χ1) is 12.6. The number of hydrogen-bond acceptors (Lipinski definition) is 4. The lowest BCUT2D eigenvalue weighted by Gasteiger charge is -2.20. The Morgan fingerprint density at radius 3 is 2.31 bits per heavy atom. The summed E-state index contributed by atoms with van der Waals surface area (Å²) in [5.74, 6) is -0.0760. The fraction of sp³-hybridized carbons (Fsp3) is 0.190. The highest BCUT2D eigenvalue weighted by molar-refractivity contribution is 5.92. The van der Waals surface area contributed by atoms with Crippen LogP contribution in [0.2, 0.25) is 0 Å². The van der Waals surface area contributed by atoms with E-state index in [1.54, 1.807) is 36.6 Å². The Balaban J connectivity index is 1.63. The average molecular weight is 346 g/mol. The molecule has 3 rings (SSSR count).